The van der Waals surface area contributed by atoms with Crippen LogP contribution in [-0.4, -0.2) is 55.3 Å². The zero-order valence-electron chi connectivity index (χ0n) is 17.2. The van der Waals surface area contributed by atoms with Gasteiger partial charge in [-0.1, -0.05) is 0 Å². The van der Waals surface area contributed by atoms with Gasteiger partial charge in [0.1, 0.15) is 15.5 Å². The highest BCUT2D eigenvalue weighted by Gasteiger charge is 2.39. The summed E-state index contributed by atoms with van der Waals surface area (Å²) in [5.74, 6) is 2.50. The summed E-state index contributed by atoms with van der Waals surface area (Å²) in [5.41, 5.74) is 0.581. The van der Waals surface area contributed by atoms with E-state index < -0.39 is 10.8 Å². The number of aliphatic hydroxyl groups is 1. The number of piperidine rings is 1. The molecule has 0 unspecified atom stereocenters. The summed E-state index contributed by atoms with van der Waals surface area (Å²) in [7, 11) is -1.07. The topological polar surface area (TPSA) is 91.2 Å². The summed E-state index contributed by atoms with van der Waals surface area (Å²) < 4.78 is 13.9. The maximum atomic E-state index is 12.6. The predicted octanol–water partition coefficient (Wildman–Crippen LogP) is 3.52. The van der Waals surface area contributed by atoms with Crippen LogP contribution in [0.3, 0.4) is 0 Å². The van der Waals surface area contributed by atoms with Gasteiger partial charge in [-0.05, 0) is 43.6 Å². The number of anilines is 2. The molecule has 2 aliphatic heterocycles. The number of aromatic nitrogens is 3. The first-order valence-corrected chi connectivity index (χ1v) is 13.9. The number of nitrogens with zero attached hydrogens (tertiary/aromatic N) is 4. The van der Waals surface area contributed by atoms with Gasteiger partial charge in [0.2, 0.25) is 5.95 Å². The molecule has 7 nitrogen and oxygen atoms in total. The second-order valence-corrected chi connectivity index (χ2v) is 12.2. The Labute approximate surface area is 191 Å². The third kappa shape index (κ3) is 3.48. The number of nitrogens with one attached hydrogen (secondary N) is 1. The molecule has 10 heteroatoms. The predicted molar refractivity (Wildman–Crippen MR) is 126 cm³/mol. The molecular formula is C21H25N5O2S3. The monoisotopic (exact) mass is 475 g/mol. The third-order valence-corrected chi connectivity index (χ3v) is 10.4. The lowest BCUT2D eigenvalue weighted by Crippen LogP contribution is -2.48. The van der Waals surface area contributed by atoms with Crippen LogP contribution in [0.2, 0.25) is 0 Å². The molecule has 0 radical (unpaired) electrons. The van der Waals surface area contributed by atoms with Crippen LogP contribution in [0.5, 0.6) is 0 Å². The minimum Gasteiger partial charge on any atom is -0.394 e. The number of rotatable bonds is 5. The number of hydrogen-bond acceptors (Lipinski definition) is 9. The fourth-order valence-corrected chi connectivity index (χ4v) is 8.19. The van der Waals surface area contributed by atoms with Gasteiger partial charge in [-0.25, -0.2) is 9.97 Å². The van der Waals surface area contributed by atoms with Gasteiger partial charge >= 0.3 is 0 Å². The quantitative estimate of drug-likeness (QED) is 0.583. The van der Waals surface area contributed by atoms with E-state index in [0.717, 1.165) is 73.0 Å². The lowest BCUT2D eigenvalue weighted by Gasteiger charge is -2.42. The van der Waals surface area contributed by atoms with Crippen molar-refractivity contribution < 1.29 is 9.32 Å². The SMILES string of the molecule is O=[S@]1CCc2nc(N3CCC(c4nc5sccc5s4)CC3)nc(NC3(CO)CCC3)c21. The van der Waals surface area contributed by atoms with Crippen LogP contribution in [-0.2, 0) is 17.2 Å². The van der Waals surface area contributed by atoms with E-state index >= 15 is 0 Å². The lowest BCUT2D eigenvalue weighted by molar-refractivity contribution is 0.143. The standard InChI is InChI=1S/C21H25N5O2S3/c27-12-21(6-1-7-21)25-17-16-14(5-11-31(16)28)22-20(23-17)26-8-2-13(3-9-26)18-24-19-15(30-18)4-10-29-19/h4,10,13,27H,1-3,5-9,11-12H2,(H,22,23,25)/t31-/m0/s1. The maximum absolute atomic E-state index is 12.6. The van der Waals surface area contributed by atoms with E-state index in [1.54, 1.807) is 11.3 Å². The molecule has 2 fully saturated rings. The third-order valence-electron chi connectivity index (χ3n) is 6.84. The first-order chi connectivity index (χ1) is 15.1. The van der Waals surface area contributed by atoms with Gasteiger partial charge < -0.3 is 15.3 Å². The highest BCUT2D eigenvalue weighted by molar-refractivity contribution is 7.85. The van der Waals surface area contributed by atoms with Crippen molar-refractivity contribution in [2.45, 2.75) is 54.9 Å². The van der Waals surface area contributed by atoms with Gasteiger partial charge in [0.25, 0.3) is 0 Å². The van der Waals surface area contributed by atoms with Crippen LogP contribution in [0.1, 0.15) is 48.7 Å². The molecular weight excluding hydrogens is 450 g/mol. The number of hydrogen-bond donors (Lipinski definition) is 2. The summed E-state index contributed by atoms with van der Waals surface area (Å²) >= 11 is 3.54. The van der Waals surface area contributed by atoms with Crippen molar-refractivity contribution in [3.63, 3.8) is 0 Å². The molecule has 31 heavy (non-hydrogen) atoms. The van der Waals surface area contributed by atoms with E-state index in [-0.39, 0.29) is 12.1 Å². The molecule has 1 saturated carbocycles. The summed E-state index contributed by atoms with van der Waals surface area (Å²) in [6.45, 7) is 1.86. The average Bonchev–Trinajstić information content (AvgIpc) is 3.46. The fourth-order valence-electron chi connectivity index (χ4n) is 4.77. The van der Waals surface area contributed by atoms with Crippen molar-refractivity contribution in [1.82, 2.24) is 15.0 Å². The summed E-state index contributed by atoms with van der Waals surface area (Å²) in [6.07, 6.45) is 5.73. The Hall–Kier alpha value is -1.62. The molecule has 3 aromatic heterocycles. The Morgan fingerprint density at radius 3 is 2.81 bits per heavy atom. The first-order valence-electron chi connectivity index (χ1n) is 10.9. The Balaban J connectivity index is 1.24. The molecule has 0 amide bonds. The van der Waals surface area contributed by atoms with Gasteiger partial charge in [0.05, 0.1) is 38.3 Å². The lowest BCUT2D eigenvalue weighted by atomic mass is 9.77. The van der Waals surface area contributed by atoms with Crippen molar-refractivity contribution >= 4 is 54.8 Å². The van der Waals surface area contributed by atoms with Crippen LogP contribution in [0.4, 0.5) is 11.8 Å². The van der Waals surface area contributed by atoms with E-state index in [1.807, 2.05) is 11.3 Å². The molecule has 1 saturated heterocycles. The van der Waals surface area contributed by atoms with Crippen molar-refractivity contribution in [1.29, 1.82) is 0 Å². The van der Waals surface area contributed by atoms with Crippen LogP contribution >= 0.6 is 22.7 Å². The van der Waals surface area contributed by atoms with Crippen molar-refractivity contribution in [2.24, 2.45) is 0 Å². The van der Waals surface area contributed by atoms with E-state index in [9.17, 15) is 9.32 Å². The molecule has 0 spiro atoms. The molecule has 1 aliphatic carbocycles. The van der Waals surface area contributed by atoms with E-state index in [1.165, 1.54) is 9.71 Å². The fraction of sp³-hybridized carbons (Fsp3) is 0.571. The van der Waals surface area contributed by atoms with Gasteiger partial charge in [-0.15, -0.1) is 22.7 Å². The van der Waals surface area contributed by atoms with Gasteiger partial charge in [0.15, 0.2) is 0 Å². The molecule has 1 atom stereocenters. The summed E-state index contributed by atoms with van der Waals surface area (Å²) in [6, 6.07) is 2.16. The molecule has 3 aliphatic rings. The van der Waals surface area contributed by atoms with E-state index in [4.69, 9.17) is 15.0 Å². The smallest absolute Gasteiger partial charge is 0.227 e. The summed E-state index contributed by atoms with van der Waals surface area (Å²) in [5, 5.41) is 16.7. The zero-order valence-corrected chi connectivity index (χ0v) is 19.6. The highest BCUT2D eigenvalue weighted by atomic mass is 32.2. The Kier molecular flexibility index (Phi) is 5.01. The van der Waals surface area contributed by atoms with Crippen LogP contribution in [0.15, 0.2) is 16.3 Å². The Morgan fingerprint density at radius 2 is 2.10 bits per heavy atom. The first kappa shape index (κ1) is 20.0. The van der Waals surface area contributed by atoms with Crippen LogP contribution in [0, 0.1) is 0 Å². The molecule has 0 aromatic carbocycles. The largest absolute Gasteiger partial charge is 0.394 e. The van der Waals surface area contributed by atoms with Crippen LogP contribution in [0.25, 0.3) is 9.53 Å². The molecule has 164 valence electrons. The number of thiophene rings is 1. The molecule has 5 heterocycles. The zero-order chi connectivity index (χ0) is 21.0. The maximum Gasteiger partial charge on any atom is 0.227 e. The number of thiazole rings is 1. The Morgan fingerprint density at radius 1 is 1.26 bits per heavy atom. The molecule has 0 bridgehead atoms. The second kappa shape index (κ2) is 7.75. The van der Waals surface area contributed by atoms with Gasteiger partial charge in [-0.2, -0.15) is 4.98 Å². The minimum atomic E-state index is -1.07. The minimum absolute atomic E-state index is 0.0738. The number of fused-ring (bicyclic) bond motifs is 2. The second-order valence-electron chi connectivity index (χ2n) is 8.77. The highest BCUT2D eigenvalue weighted by Crippen LogP contribution is 2.40. The van der Waals surface area contributed by atoms with Gasteiger partial charge in [-0.3, -0.25) is 4.21 Å². The normalized spacial score (nSPS) is 23.1. The van der Waals surface area contributed by atoms with Crippen molar-refractivity contribution in [3.05, 3.63) is 22.1 Å². The van der Waals surface area contributed by atoms with E-state index in [0.29, 0.717) is 17.5 Å². The van der Waals surface area contributed by atoms with Crippen LogP contribution < -0.4 is 10.2 Å². The van der Waals surface area contributed by atoms with Gasteiger partial charge in [0, 0.05) is 31.2 Å². The van der Waals surface area contributed by atoms with Crippen molar-refractivity contribution in [3.8, 4) is 0 Å². The van der Waals surface area contributed by atoms with E-state index in [2.05, 4.69) is 21.7 Å². The summed E-state index contributed by atoms with van der Waals surface area (Å²) in [4.78, 5) is 18.7. The molecule has 3 aromatic rings. The molecule has 6 rings (SSSR count). The number of aryl methyl sites for hydroxylation is 1. The van der Waals surface area contributed by atoms with Crippen molar-refractivity contribution in [2.75, 3.05) is 35.7 Å². The number of aliphatic hydroxyl groups excluding tert-OH is 1. The Bertz CT molecular complexity index is 1110. The molecule has 2 N–H and O–H groups in total. The average molecular weight is 476 g/mol.